The molecule has 0 spiro atoms. The van der Waals surface area contributed by atoms with Gasteiger partial charge in [0.1, 0.15) is 24.3 Å². The second-order valence-electron chi connectivity index (χ2n) is 10.6. The van der Waals surface area contributed by atoms with Gasteiger partial charge in [-0.15, -0.1) is 0 Å². The van der Waals surface area contributed by atoms with Crippen molar-refractivity contribution in [1.29, 1.82) is 0 Å². The third kappa shape index (κ3) is 9.54. The summed E-state index contributed by atoms with van der Waals surface area (Å²) in [6.45, 7) is 7.51. The van der Waals surface area contributed by atoms with Crippen LogP contribution in [0.15, 0.2) is 84.5 Å². The van der Waals surface area contributed by atoms with Gasteiger partial charge in [0.15, 0.2) is 0 Å². The Morgan fingerprint density at radius 3 is 2.03 bits per heavy atom. The standard InChI is InChI=1S/C31H38N2O5/c1-22-13-11-12-18-25(22)21-37-29(35)27(20-24-16-9-6-10-17-24)32-28(34)26(19-23-14-7-5-8-15-23)33-30(36)38-31(2,3)4/h5-12,14-18,22,26-27H,13,19-21H2,1-4H3,(H,32,34)(H,33,36). The number of amides is 2. The number of nitrogens with one attached hydrogen (secondary N) is 2. The van der Waals surface area contributed by atoms with Crippen molar-refractivity contribution in [2.75, 3.05) is 6.61 Å². The van der Waals surface area contributed by atoms with Crippen molar-refractivity contribution in [3.8, 4) is 0 Å². The molecule has 3 atom stereocenters. The normalized spacial score (nSPS) is 16.5. The maximum atomic E-state index is 13.5. The number of esters is 1. The first-order valence-electron chi connectivity index (χ1n) is 13.0. The molecule has 2 amide bonds. The van der Waals surface area contributed by atoms with Crippen molar-refractivity contribution in [2.24, 2.45) is 5.92 Å². The number of benzene rings is 2. The van der Waals surface area contributed by atoms with Gasteiger partial charge < -0.3 is 20.1 Å². The van der Waals surface area contributed by atoms with Gasteiger partial charge in [-0.1, -0.05) is 85.8 Å². The van der Waals surface area contributed by atoms with Crippen LogP contribution in [-0.2, 0) is 31.9 Å². The van der Waals surface area contributed by atoms with Gasteiger partial charge >= 0.3 is 12.1 Å². The highest BCUT2D eigenvalue weighted by Gasteiger charge is 2.30. The summed E-state index contributed by atoms with van der Waals surface area (Å²) in [5, 5.41) is 5.51. The van der Waals surface area contributed by atoms with E-state index in [0.717, 1.165) is 23.1 Å². The minimum atomic E-state index is -0.954. The van der Waals surface area contributed by atoms with Gasteiger partial charge in [0.05, 0.1) is 0 Å². The van der Waals surface area contributed by atoms with E-state index in [1.54, 1.807) is 20.8 Å². The van der Waals surface area contributed by atoms with Gasteiger partial charge in [0.25, 0.3) is 0 Å². The number of alkyl carbamates (subject to hydrolysis) is 1. The molecule has 0 saturated carbocycles. The third-order valence-electron chi connectivity index (χ3n) is 6.12. The lowest BCUT2D eigenvalue weighted by Gasteiger charge is -2.25. The maximum Gasteiger partial charge on any atom is 0.408 e. The van der Waals surface area contributed by atoms with E-state index in [-0.39, 0.29) is 25.4 Å². The molecule has 2 N–H and O–H groups in total. The minimum absolute atomic E-state index is 0.162. The molecule has 7 nitrogen and oxygen atoms in total. The quantitative estimate of drug-likeness (QED) is 0.436. The van der Waals surface area contributed by atoms with Gasteiger partial charge in [-0.25, -0.2) is 9.59 Å². The fourth-order valence-electron chi connectivity index (χ4n) is 4.06. The molecule has 202 valence electrons. The molecule has 3 rings (SSSR count). The second kappa shape index (κ2) is 13.6. The average molecular weight is 519 g/mol. The Kier molecular flexibility index (Phi) is 10.3. The molecule has 2 aromatic carbocycles. The number of carbonyl (C=O) groups excluding carboxylic acids is 3. The number of allylic oxidation sites excluding steroid dienone is 3. The molecule has 1 aliphatic rings. The van der Waals surface area contributed by atoms with E-state index in [1.165, 1.54) is 0 Å². The first-order chi connectivity index (χ1) is 18.1. The Hall–Kier alpha value is -3.87. The van der Waals surface area contributed by atoms with E-state index >= 15 is 0 Å². The van der Waals surface area contributed by atoms with Crippen molar-refractivity contribution in [3.05, 3.63) is 95.6 Å². The molecule has 0 saturated heterocycles. The molecule has 2 aromatic rings. The zero-order chi connectivity index (χ0) is 27.5. The Morgan fingerprint density at radius 2 is 1.47 bits per heavy atom. The van der Waals surface area contributed by atoms with E-state index in [2.05, 4.69) is 23.6 Å². The van der Waals surface area contributed by atoms with Gasteiger partial charge in [0, 0.05) is 12.8 Å². The predicted molar refractivity (Wildman–Crippen MR) is 147 cm³/mol. The SMILES string of the molecule is CC1CC=CC=C1COC(=O)C(Cc1ccccc1)NC(=O)C(Cc1ccccc1)NC(=O)OC(C)(C)C. The third-order valence-corrected chi connectivity index (χ3v) is 6.12. The molecular weight excluding hydrogens is 480 g/mol. The molecule has 7 heteroatoms. The summed E-state index contributed by atoms with van der Waals surface area (Å²) in [6.07, 6.45) is 6.68. The smallest absolute Gasteiger partial charge is 0.408 e. The molecule has 3 unspecified atom stereocenters. The Morgan fingerprint density at radius 1 is 0.895 bits per heavy atom. The minimum Gasteiger partial charge on any atom is -0.460 e. The van der Waals surface area contributed by atoms with Crippen LogP contribution in [0.4, 0.5) is 4.79 Å². The van der Waals surface area contributed by atoms with Gasteiger partial charge in [0.2, 0.25) is 5.91 Å². The van der Waals surface area contributed by atoms with E-state index in [0.29, 0.717) is 0 Å². The van der Waals surface area contributed by atoms with E-state index in [9.17, 15) is 14.4 Å². The van der Waals surface area contributed by atoms with Crippen molar-refractivity contribution in [2.45, 2.75) is 64.6 Å². The molecule has 0 bridgehead atoms. The van der Waals surface area contributed by atoms with Crippen LogP contribution in [0, 0.1) is 5.92 Å². The zero-order valence-electron chi connectivity index (χ0n) is 22.6. The van der Waals surface area contributed by atoms with Crippen LogP contribution in [0.3, 0.4) is 0 Å². The highest BCUT2D eigenvalue weighted by molar-refractivity contribution is 5.90. The van der Waals surface area contributed by atoms with Crippen molar-refractivity contribution < 1.29 is 23.9 Å². The van der Waals surface area contributed by atoms with Gasteiger partial charge in [-0.05, 0) is 49.8 Å². The van der Waals surface area contributed by atoms with Crippen LogP contribution in [0.25, 0.3) is 0 Å². The van der Waals surface area contributed by atoms with Crippen LogP contribution in [0.5, 0.6) is 0 Å². The van der Waals surface area contributed by atoms with Crippen molar-refractivity contribution >= 4 is 18.0 Å². The Labute approximate surface area is 225 Å². The maximum absolute atomic E-state index is 13.5. The molecule has 0 aliphatic heterocycles. The highest BCUT2D eigenvalue weighted by Crippen LogP contribution is 2.20. The summed E-state index contributed by atoms with van der Waals surface area (Å²) < 4.78 is 11.1. The van der Waals surface area contributed by atoms with Crippen LogP contribution < -0.4 is 10.6 Å². The fraction of sp³-hybridized carbons (Fsp3) is 0.387. The molecule has 0 fully saturated rings. The first-order valence-corrected chi connectivity index (χ1v) is 13.0. The molecule has 0 heterocycles. The lowest BCUT2D eigenvalue weighted by molar-refractivity contribution is -0.147. The number of hydrogen-bond donors (Lipinski definition) is 2. The Bertz CT molecular complexity index is 1140. The first kappa shape index (κ1) is 28.7. The number of hydrogen-bond acceptors (Lipinski definition) is 5. The van der Waals surface area contributed by atoms with Crippen LogP contribution in [-0.4, -0.2) is 42.3 Å². The lowest BCUT2D eigenvalue weighted by Crippen LogP contribution is -2.54. The monoisotopic (exact) mass is 518 g/mol. The van der Waals surface area contributed by atoms with Crippen LogP contribution >= 0.6 is 0 Å². The largest absolute Gasteiger partial charge is 0.460 e. The number of carbonyl (C=O) groups is 3. The molecular formula is C31H38N2O5. The summed E-state index contributed by atoms with van der Waals surface area (Å²) in [7, 11) is 0. The summed E-state index contributed by atoms with van der Waals surface area (Å²) in [5.41, 5.74) is 2.04. The van der Waals surface area contributed by atoms with Crippen molar-refractivity contribution in [1.82, 2.24) is 10.6 Å². The molecule has 38 heavy (non-hydrogen) atoms. The van der Waals surface area contributed by atoms with E-state index in [4.69, 9.17) is 9.47 Å². The summed E-state index contributed by atoms with van der Waals surface area (Å²) in [6, 6.07) is 16.9. The van der Waals surface area contributed by atoms with Crippen LogP contribution in [0.1, 0.15) is 45.2 Å². The zero-order valence-corrected chi connectivity index (χ0v) is 22.6. The topological polar surface area (TPSA) is 93.7 Å². The molecule has 1 aliphatic carbocycles. The lowest BCUT2D eigenvalue weighted by atomic mass is 9.94. The summed E-state index contributed by atoms with van der Waals surface area (Å²) in [4.78, 5) is 39.3. The highest BCUT2D eigenvalue weighted by atomic mass is 16.6. The van der Waals surface area contributed by atoms with E-state index in [1.807, 2.05) is 72.8 Å². The van der Waals surface area contributed by atoms with Crippen molar-refractivity contribution in [3.63, 3.8) is 0 Å². The average Bonchev–Trinajstić information content (AvgIpc) is 2.87. The van der Waals surface area contributed by atoms with E-state index < -0.39 is 35.7 Å². The summed E-state index contributed by atoms with van der Waals surface area (Å²) >= 11 is 0. The van der Waals surface area contributed by atoms with Gasteiger partial charge in [-0.2, -0.15) is 0 Å². The Balaban J connectivity index is 1.77. The van der Waals surface area contributed by atoms with Crippen LogP contribution in [0.2, 0.25) is 0 Å². The molecule has 0 aromatic heterocycles. The number of rotatable bonds is 10. The fourth-order valence-corrected chi connectivity index (χ4v) is 4.06. The predicted octanol–water partition coefficient (Wildman–Crippen LogP) is 4.92. The molecule has 0 radical (unpaired) electrons. The number of ether oxygens (including phenoxy) is 2. The van der Waals surface area contributed by atoms with Gasteiger partial charge in [-0.3, -0.25) is 4.79 Å². The second-order valence-corrected chi connectivity index (χ2v) is 10.6. The summed E-state index contributed by atoms with van der Waals surface area (Å²) in [5.74, 6) is -0.741.